The van der Waals surface area contributed by atoms with E-state index in [1.54, 1.807) is 7.11 Å². The summed E-state index contributed by atoms with van der Waals surface area (Å²) in [4.78, 5) is 0. The van der Waals surface area contributed by atoms with Gasteiger partial charge in [0.2, 0.25) is 0 Å². The maximum Gasteiger partial charge on any atom is 0.176 e. The fourth-order valence-electron chi connectivity index (χ4n) is 2.87. The average Bonchev–Trinajstić information content (AvgIpc) is 2.92. The molecule has 0 saturated carbocycles. The summed E-state index contributed by atoms with van der Waals surface area (Å²) in [7, 11) is 1.62. The number of ether oxygens (including phenoxy) is 3. The number of hydrogen-bond acceptors (Lipinski definition) is 5. The summed E-state index contributed by atoms with van der Waals surface area (Å²) in [5.41, 5.74) is 1.68. The molecule has 1 unspecified atom stereocenters. The molecule has 0 spiro atoms. The molecule has 22 heavy (non-hydrogen) atoms. The largest absolute Gasteiger partial charge is 0.493 e. The zero-order valence-electron chi connectivity index (χ0n) is 12.8. The molecule has 1 aliphatic heterocycles. The number of benzene rings is 1. The minimum Gasteiger partial charge on any atom is -0.493 e. The molecule has 5 nitrogen and oxygen atoms in total. The van der Waals surface area contributed by atoms with Gasteiger partial charge in [-0.15, -0.1) is 0 Å². The molecule has 1 fully saturated rings. The van der Waals surface area contributed by atoms with Crippen LogP contribution in [0.1, 0.15) is 30.6 Å². The standard InChI is InChI=1S/C17H22O5/c1-19-14-6-4-5-13-12(8-9-18)15(22-17(13)14)11-21-16-7-2-3-10-20-16/h4-6,16,18H,2-3,7-11H2,1H3. The lowest BCUT2D eigenvalue weighted by Gasteiger charge is -2.22. The second-order valence-electron chi connectivity index (χ2n) is 5.42. The van der Waals surface area contributed by atoms with E-state index in [4.69, 9.17) is 18.6 Å². The van der Waals surface area contributed by atoms with Crippen molar-refractivity contribution in [3.8, 4) is 5.75 Å². The molecule has 1 aliphatic rings. The van der Waals surface area contributed by atoms with Crippen LogP contribution in [-0.2, 0) is 22.5 Å². The number of aliphatic hydroxyl groups is 1. The van der Waals surface area contributed by atoms with Crippen molar-refractivity contribution in [1.82, 2.24) is 0 Å². The Hall–Kier alpha value is -1.56. The third-order valence-corrected chi connectivity index (χ3v) is 3.99. The van der Waals surface area contributed by atoms with Crippen molar-refractivity contribution < 1.29 is 23.7 Å². The van der Waals surface area contributed by atoms with Gasteiger partial charge >= 0.3 is 0 Å². The van der Waals surface area contributed by atoms with Gasteiger partial charge in [-0.05, 0) is 31.7 Å². The molecule has 1 aromatic heterocycles. The van der Waals surface area contributed by atoms with Crippen molar-refractivity contribution in [3.63, 3.8) is 0 Å². The van der Waals surface area contributed by atoms with Crippen molar-refractivity contribution in [2.24, 2.45) is 0 Å². The number of methoxy groups -OCH3 is 1. The lowest BCUT2D eigenvalue weighted by atomic mass is 10.1. The first-order chi connectivity index (χ1) is 10.8. The van der Waals surface area contributed by atoms with Crippen LogP contribution in [0.3, 0.4) is 0 Å². The molecule has 2 heterocycles. The second kappa shape index (κ2) is 7.13. The fraction of sp³-hybridized carbons (Fsp3) is 0.529. The van der Waals surface area contributed by atoms with Crippen LogP contribution in [0.5, 0.6) is 5.75 Å². The molecule has 2 aromatic rings. The molecule has 1 N–H and O–H groups in total. The zero-order chi connectivity index (χ0) is 15.4. The van der Waals surface area contributed by atoms with E-state index in [0.29, 0.717) is 24.4 Å². The van der Waals surface area contributed by atoms with Crippen LogP contribution in [0.4, 0.5) is 0 Å². The maximum atomic E-state index is 9.33. The molecule has 5 heteroatoms. The first-order valence-electron chi connectivity index (χ1n) is 7.74. The average molecular weight is 306 g/mol. The van der Waals surface area contributed by atoms with Gasteiger partial charge in [0, 0.05) is 24.2 Å². The smallest absolute Gasteiger partial charge is 0.176 e. The minimum atomic E-state index is -0.161. The molecule has 1 aromatic carbocycles. The minimum absolute atomic E-state index is 0.0682. The molecule has 3 rings (SSSR count). The van der Waals surface area contributed by atoms with Crippen molar-refractivity contribution in [2.45, 2.75) is 38.6 Å². The Balaban J connectivity index is 1.85. The normalized spacial score (nSPS) is 18.7. The highest BCUT2D eigenvalue weighted by Crippen LogP contribution is 2.33. The summed E-state index contributed by atoms with van der Waals surface area (Å²) in [6.45, 7) is 1.17. The number of rotatable bonds is 6. The lowest BCUT2D eigenvalue weighted by molar-refractivity contribution is -0.171. The van der Waals surface area contributed by atoms with Gasteiger partial charge in [-0.1, -0.05) is 12.1 Å². The number of furan rings is 1. The van der Waals surface area contributed by atoms with Gasteiger partial charge in [-0.2, -0.15) is 0 Å². The number of fused-ring (bicyclic) bond motifs is 1. The Morgan fingerprint density at radius 2 is 2.23 bits per heavy atom. The summed E-state index contributed by atoms with van der Waals surface area (Å²) in [6.07, 6.45) is 3.51. The van der Waals surface area contributed by atoms with E-state index in [0.717, 1.165) is 42.6 Å². The molecule has 0 amide bonds. The highest BCUT2D eigenvalue weighted by atomic mass is 16.7. The van der Waals surface area contributed by atoms with Gasteiger partial charge < -0.3 is 23.7 Å². The van der Waals surface area contributed by atoms with Crippen LogP contribution in [0, 0.1) is 0 Å². The predicted molar refractivity (Wildman–Crippen MR) is 81.9 cm³/mol. The van der Waals surface area contributed by atoms with Gasteiger partial charge in [-0.3, -0.25) is 0 Å². The monoisotopic (exact) mass is 306 g/mol. The van der Waals surface area contributed by atoms with Crippen LogP contribution < -0.4 is 4.74 Å². The van der Waals surface area contributed by atoms with Gasteiger partial charge in [0.05, 0.1) is 7.11 Å². The third kappa shape index (κ3) is 3.11. The van der Waals surface area contributed by atoms with E-state index in [-0.39, 0.29) is 12.9 Å². The summed E-state index contributed by atoms with van der Waals surface area (Å²) in [6, 6.07) is 5.77. The first kappa shape index (κ1) is 15.3. The maximum absolute atomic E-state index is 9.33. The number of aliphatic hydroxyl groups excluding tert-OH is 1. The lowest BCUT2D eigenvalue weighted by Crippen LogP contribution is -2.22. The van der Waals surface area contributed by atoms with Crippen molar-refractivity contribution in [3.05, 3.63) is 29.5 Å². The third-order valence-electron chi connectivity index (χ3n) is 3.99. The van der Waals surface area contributed by atoms with Crippen molar-refractivity contribution in [2.75, 3.05) is 20.3 Å². The van der Waals surface area contributed by atoms with Gasteiger partial charge in [0.25, 0.3) is 0 Å². The highest BCUT2D eigenvalue weighted by Gasteiger charge is 2.20. The summed E-state index contributed by atoms with van der Waals surface area (Å²) < 4.78 is 22.7. The van der Waals surface area contributed by atoms with Gasteiger partial charge in [-0.25, -0.2) is 0 Å². The van der Waals surface area contributed by atoms with E-state index in [2.05, 4.69) is 0 Å². The Kier molecular flexibility index (Phi) is 4.97. The van der Waals surface area contributed by atoms with E-state index in [9.17, 15) is 5.11 Å². The Morgan fingerprint density at radius 3 is 2.95 bits per heavy atom. The van der Waals surface area contributed by atoms with Gasteiger partial charge in [0.15, 0.2) is 17.6 Å². The fourth-order valence-corrected chi connectivity index (χ4v) is 2.87. The van der Waals surface area contributed by atoms with E-state index < -0.39 is 0 Å². The van der Waals surface area contributed by atoms with Crippen LogP contribution >= 0.6 is 0 Å². The number of hydrogen-bond donors (Lipinski definition) is 1. The molecule has 0 bridgehead atoms. The predicted octanol–water partition coefficient (Wildman–Crippen LogP) is 3.02. The summed E-state index contributed by atoms with van der Waals surface area (Å²) in [5, 5.41) is 10.3. The zero-order valence-corrected chi connectivity index (χ0v) is 12.8. The Labute approximate surface area is 129 Å². The molecule has 0 radical (unpaired) electrons. The Morgan fingerprint density at radius 1 is 1.32 bits per heavy atom. The SMILES string of the molecule is COc1cccc2c(CCO)c(COC3CCCCO3)oc12. The van der Waals surface area contributed by atoms with Crippen LogP contribution in [0.15, 0.2) is 22.6 Å². The molecule has 1 atom stereocenters. The van der Waals surface area contributed by atoms with E-state index in [1.807, 2.05) is 18.2 Å². The van der Waals surface area contributed by atoms with E-state index >= 15 is 0 Å². The van der Waals surface area contributed by atoms with E-state index in [1.165, 1.54) is 0 Å². The Bertz CT molecular complexity index is 613. The second-order valence-corrected chi connectivity index (χ2v) is 5.42. The molecular formula is C17H22O5. The van der Waals surface area contributed by atoms with Gasteiger partial charge in [0.1, 0.15) is 12.4 Å². The summed E-state index contributed by atoms with van der Waals surface area (Å²) in [5.74, 6) is 1.43. The van der Waals surface area contributed by atoms with Crippen LogP contribution in [-0.4, -0.2) is 31.7 Å². The molecule has 120 valence electrons. The highest BCUT2D eigenvalue weighted by molar-refractivity contribution is 5.87. The summed E-state index contributed by atoms with van der Waals surface area (Å²) >= 11 is 0. The number of para-hydroxylation sites is 1. The molecular weight excluding hydrogens is 284 g/mol. The molecule has 1 saturated heterocycles. The van der Waals surface area contributed by atoms with Crippen molar-refractivity contribution in [1.29, 1.82) is 0 Å². The quantitative estimate of drug-likeness (QED) is 0.889. The topological polar surface area (TPSA) is 61.1 Å². The molecule has 0 aliphatic carbocycles. The van der Waals surface area contributed by atoms with Crippen LogP contribution in [0.2, 0.25) is 0 Å². The first-order valence-corrected chi connectivity index (χ1v) is 7.74. The van der Waals surface area contributed by atoms with Crippen LogP contribution in [0.25, 0.3) is 11.0 Å². The van der Waals surface area contributed by atoms with Crippen molar-refractivity contribution >= 4 is 11.0 Å².